The Morgan fingerprint density at radius 2 is 2.00 bits per heavy atom. The Morgan fingerprint density at radius 1 is 1.23 bits per heavy atom. The molecule has 0 aliphatic heterocycles. The standard InChI is InChI=1S/C20H23F3N6S.HI/c1-14-25-8-9-29(14)12-16-5-3-4-15(10-16)11-27-19(24-2)26-7-6-18-28-17(13-30-18)20(21,22)23;/h3-5,8-10,13H,6-7,11-12H2,1-2H3,(H2,24,26,27);1H. The number of nitrogens with one attached hydrogen (secondary N) is 2. The summed E-state index contributed by atoms with van der Waals surface area (Å²) >= 11 is 1.01. The van der Waals surface area contributed by atoms with E-state index in [9.17, 15) is 13.2 Å². The molecule has 1 aromatic carbocycles. The van der Waals surface area contributed by atoms with Crippen molar-refractivity contribution in [1.82, 2.24) is 25.2 Å². The second-order valence-electron chi connectivity index (χ2n) is 6.65. The average molecular weight is 564 g/mol. The molecule has 2 heterocycles. The second kappa shape index (κ2) is 11.5. The van der Waals surface area contributed by atoms with Gasteiger partial charge in [-0.3, -0.25) is 4.99 Å². The average Bonchev–Trinajstić information content (AvgIpc) is 3.34. The SMILES string of the molecule is CN=C(NCCc1nc(C(F)(F)F)cs1)NCc1cccc(Cn2ccnc2C)c1.I. The summed E-state index contributed by atoms with van der Waals surface area (Å²) in [6.45, 7) is 3.73. The third-order valence-electron chi connectivity index (χ3n) is 4.43. The van der Waals surface area contributed by atoms with Crippen molar-refractivity contribution in [3.05, 3.63) is 69.7 Å². The Bertz CT molecular complexity index is 999. The van der Waals surface area contributed by atoms with E-state index in [-0.39, 0.29) is 24.0 Å². The molecule has 0 radical (unpaired) electrons. The molecule has 0 unspecified atom stereocenters. The van der Waals surface area contributed by atoms with Crippen LogP contribution in [0.1, 0.15) is 27.7 Å². The maximum atomic E-state index is 12.6. The molecule has 0 spiro atoms. The van der Waals surface area contributed by atoms with Gasteiger partial charge in [0.25, 0.3) is 0 Å². The van der Waals surface area contributed by atoms with Crippen molar-refractivity contribution in [2.75, 3.05) is 13.6 Å². The number of aliphatic imine (C=N–C) groups is 1. The molecule has 3 rings (SSSR count). The molecule has 0 saturated heterocycles. The first-order chi connectivity index (χ1) is 14.3. The third kappa shape index (κ3) is 7.49. The molecule has 168 valence electrons. The van der Waals surface area contributed by atoms with Crippen molar-refractivity contribution in [2.45, 2.75) is 32.6 Å². The van der Waals surface area contributed by atoms with Crippen LogP contribution in [0.2, 0.25) is 0 Å². The Labute approximate surface area is 200 Å². The molecule has 0 aliphatic rings. The van der Waals surface area contributed by atoms with Crippen LogP contribution in [0.25, 0.3) is 0 Å². The number of aromatic nitrogens is 3. The molecule has 3 aromatic rings. The van der Waals surface area contributed by atoms with E-state index in [1.807, 2.05) is 25.3 Å². The van der Waals surface area contributed by atoms with E-state index in [1.54, 1.807) is 13.2 Å². The summed E-state index contributed by atoms with van der Waals surface area (Å²) in [5, 5.41) is 7.81. The van der Waals surface area contributed by atoms with Crippen molar-refractivity contribution >= 4 is 41.3 Å². The predicted molar refractivity (Wildman–Crippen MR) is 127 cm³/mol. The van der Waals surface area contributed by atoms with E-state index in [4.69, 9.17) is 0 Å². The summed E-state index contributed by atoms with van der Waals surface area (Å²) in [7, 11) is 1.65. The highest BCUT2D eigenvalue weighted by Crippen LogP contribution is 2.29. The van der Waals surface area contributed by atoms with Gasteiger partial charge in [-0.2, -0.15) is 13.2 Å². The maximum Gasteiger partial charge on any atom is 0.434 e. The van der Waals surface area contributed by atoms with Gasteiger partial charge in [0.15, 0.2) is 11.7 Å². The van der Waals surface area contributed by atoms with Crippen LogP contribution in [0.4, 0.5) is 13.2 Å². The molecule has 31 heavy (non-hydrogen) atoms. The highest BCUT2D eigenvalue weighted by molar-refractivity contribution is 14.0. The quantitative estimate of drug-likeness (QED) is 0.256. The molecular formula is C20H24F3IN6S. The summed E-state index contributed by atoms with van der Waals surface area (Å²) in [5.74, 6) is 1.55. The monoisotopic (exact) mass is 564 g/mol. The van der Waals surface area contributed by atoms with Crippen LogP contribution in [0.15, 0.2) is 47.0 Å². The summed E-state index contributed by atoms with van der Waals surface area (Å²) in [4.78, 5) is 12.0. The van der Waals surface area contributed by atoms with Gasteiger partial charge in [-0.15, -0.1) is 35.3 Å². The minimum absolute atomic E-state index is 0. The molecule has 0 amide bonds. The van der Waals surface area contributed by atoms with Crippen molar-refractivity contribution in [3.63, 3.8) is 0 Å². The number of nitrogens with zero attached hydrogens (tertiary/aromatic N) is 4. The Morgan fingerprint density at radius 3 is 2.65 bits per heavy atom. The van der Waals surface area contributed by atoms with Crippen LogP contribution in [0, 0.1) is 6.92 Å². The lowest BCUT2D eigenvalue weighted by Crippen LogP contribution is -2.37. The zero-order valence-electron chi connectivity index (χ0n) is 17.1. The zero-order chi connectivity index (χ0) is 21.6. The van der Waals surface area contributed by atoms with Gasteiger partial charge in [-0.25, -0.2) is 9.97 Å². The lowest BCUT2D eigenvalue weighted by Gasteiger charge is -2.12. The van der Waals surface area contributed by atoms with Crippen molar-refractivity contribution in [3.8, 4) is 0 Å². The van der Waals surface area contributed by atoms with Gasteiger partial charge in [0.05, 0.1) is 5.01 Å². The highest BCUT2D eigenvalue weighted by Gasteiger charge is 2.33. The molecule has 0 aliphatic carbocycles. The predicted octanol–water partition coefficient (Wildman–Crippen LogP) is 4.24. The Hall–Kier alpha value is -2.15. The minimum Gasteiger partial charge on any atom is -0.356 e. The van der Waals surface area contributed by atoms with Gasteiger partial charge >= 0.3 is 6.18 Å². The van der Waals surface area contributed by atoms with Crippen LogP contribution in [0.3, 0.4) is 0 Å². The number of imidazole rings is 1. The van der Waals surface area contributed by atoms with E-state index in [0.29, 0.717) is 30.5 Å². The van der Waals surface area contributed by atoms with E-state index < -0.39 is 11.9 Å². The molecule has 0 atom stereocenters. The molecule has 2 N–H and O–H groups in total. The summed E-state index contributed by atoms with van der Waals surface area (Å²) in [6, 6.07) is 8.22. The number of alkyl halides is 3. The highest BCUT2D eigenvalue weighted by atomic mass is 127. The number of benzene rings is 1. The zero-order valence-corrected chi connectivity index (χ0v) is 20.3. The van der Waals surface area contributed by atoms with Gasteiger partial charge in [0.1, 0.15) is 5.82 Å². The first-order valence-corrected chi connectivity index (χ1v) is 10.2. The lowest BCUT2D eigenvalue weighted by atomic mass is 10.1. The summed E-state index contributed by atoms with van der Waals surface area (Å²) in [5.41, 5.74) is 1.43. The number of hydrogen-bond donors (Lipinski definition) is 2. The fourth-order valence-corrected chi connectivity index (χ4v) is 3.66. The first-order valence-electron chi connectivity index (χ1n) is 9.37. The third-order valence-corrected chi connectivity index (χ3v) is 5.33. The molecule has 6 nitrogen and oxygen atoms in total. The summed E-state index contributed by atoms with van der Waals surface area (Å²) in [6.07, 6.45) is -0.274. The molecular weight excluding hydrogens is 540 g/mol. The number of rotatable bonds is 7. The molecule has 0 bridgehead atoms. The molecule has 0 fully saturated rings. The van der Waals surface area contributed by atoms with E-state index in [1.165, 1.54) is 5.56 Å². The van der Waals surface area contributed by atoms with E-state index >= 15 is 0 Å². The maximum absolute atomic E-state index is 12.6. The number of aryl methyl sites for hydroxylation is 1. The lowest BCUT2D eigenvalue weighted by molar-refractivity contribution is -0.140. The Kier molecular flexibility index (Phi) is 9.29. The molecule has 0 saturated carbocycles. The van der Waals surface area contributed by atoms with Crippen LogP contribution in [-0.4, -0.2) is 34.1 Å². The topological polar surface area (TPSA) is 67.1 Å². The number of hydrogen-bond acceptors (Lipinski definition) is 4. The van der Waals surface area contributed by atoms with E-state index in [2.05, 4.69) is 42.3 Å². The van der Waals surface area contributed by atoms with Gasteiger partial charge in [0.2, 0.25) is 0 Å². The van der Waals surface area contributed by atoms with Crippen molar-refractivity contribution < 1.29 is 13.2 Å². The smallest absolute Gasteiger partial charge is 0.356 e. The van der Waals surface area contributed by atoms with Crippen LogP contribution in [0.5, 0.6) is 0 Å². The van der Waals surface area contributed by atoms with Gasteiger partial charge in [0, 0.05) is 50.9 Å². The minimum atomic E-state index is -4.40. The van der Waals surface area contributed by atoms with Crippen molar-refractivity contribution in [2.24, 2.45) is 4.99 Å². The number of halogens is 4. The van der Waals surface area contributed by atoms with Gasteiger partial charge in [-0.1, -0.05) is 24.3 Å². The number of guanidine groups is 1. The fourth-order valence-electron chi connectivity index (χ4n) is 2.86. The second-order valence-corrected chi connectivity index (χ2v) is 7.59. The van der Waals surface area contributed by atoms with Crippen molar-refractivity contribution in [1.29, 1.82) is 0 Å². The fraction of sp³-hybridized carbons (Fsp3) is 0.350. The van der Waals surface area contributed by atoms with Gasteiger partial charge < -0.3 is 15.2 Å². The largest absolute Gasteiger partial charge is 0.434 e. The van der Waals surface area contributed by atoms with Crippen LogP contribution in [-0.2, 0) is 25.7 Å². The molecule has 11 heteroatoms. The Balaban J connectivity index is 0.00000341. The summed E-state index contributed by atoms with van der Waals surface area (Å²) < 4.78 is 39.9. The first kappa shape index (κ1) is 25.1. The van der Waals surface area contributed by atoms with Crippen LogP contribution < -0.4 is 10.6 Å². The van der Waals surface area contributed by atoms with E-state index in [0.717, 1.165) is 34.6 Å². The molecule has 2 aromatic heterocycles. The normalized spacial score (nSPS) is 11.8. The number of thiazole rings is 1. The van der Waals surface area contributed by atoms with Crippen LogP contribution >= 0.6 is 35.3 Å². The van der Waals surface area contributed by atoms with Gasteiger partial charge in [-0.05, 0) is 18.1 Å².